The first-order valence-electron chi connectivity index (χ1n) is 5.73. The zero-order chi connectivity index (χ0) is 12.3. The predicted octanol–water partition coefficient (Wildman–Crippen LogP) is 0.884. The molecule has 2 atom stereocenters. The summed E-state index contributed by atoms with van der Waals surface area (Å²) in [4.78, 5) is 16.1. The Morgan fingerprint density at radius 1 is 1.59 bits per heavy atom. The molecule has 5 heteroatoms. The molecule has 5 nitrogen and oxygen atoms in total. The molecule has 1 aliphatic rings. The number of nitrogens with one attached hydrogen (secondary N) is 2. The molecular formula is C12H17N3O2. The van der Waals surface area contributed by atoms with Crippen LogP contribution in [0, 0.1) is 11.8 Å². The lowest BCUT2D eigenvalue weighted by molar-refractivity contribution is -0.120. The van der Waals surface area contributed by atoms with Crippen molar-refractivity contribution >= 4 is 11.6 Å². The van der Waals surface area contributed by atoms with Crippen molar-refractivity contribution in [2.45, 2.75) is 6.92 Å². The van der Waals surface area contributed by atoms with Gasteiger partial charge >= 0.3 is 0 Å². The fourth-order valence-electron chi connectivity index (χ4n) is 2.04. The average Bonchev–Trinajstić information content (AvgIpc) is 2.76. The monoisotopic (exact) mass is 235 g/mol. The SMILES string of the molecule is COc1ncccc1NC(=O)C1CNCC1C. The van der Waals surface area contributed by atoms with Crippen LogP contribution in [0.25, 0.3) is 0 Å². The summed E-state index contributed by atoms with van der Waals surface area (Å²) in [7, 11) is 1.54. The summed E-state index contributed by atoms with van der Waals surface area (Å²) >= 11 is 0. The number of carbonyl (C=O) groups is 1. The summed E-state index contributed by atoms with van der Waals surface area (Å²) in [5.74, 6) is 0.839. The van der Waals surface area contributed by atoms with Gasteiger partial charge in [-0.25, -0.2) is 4.98 Å². The van der Waals surface area contributed by atoms with Crippen molar-refractivity contribution in [3.05, 3.63) is 18.3 Å². The Morgan fingerprint density at radius 3 is 3.06 bits per heavy atom. The van der Waals surface area contributed by atoms with Crippen molar-refractivity contribution in [1.29, 1.82) is 0 Å². The molecule has 92 valence electrons. The highest BCUT2D eigenvalue weighted by molar-refractivity contribution is 5.94. The minimum Gasteiger partial charge on any atom is -0.480 e. The minimum absolute atomic E-state index is 0.0138. The third-order valence-corrected chi connectivity index (χ3v) is 3.08. The summed E-state index contributed by atoms with van der Waals surface area (Å²) in [6.07, 6.45) is 1.63. The summed E-state index contributed by atoms with van der Waals surface area (Å²) in [6, 6.07) is 3.56. The Bertz CT molecular complexity index is 408. The van der Waals surface area contributed by atoms with Crippen LogP contribution in [0.3, 0.4) is 0 Å². The molecule has 2 unspecified atom stereocenters. The summed E-state index contributed by atoms with van der Waals surface area (Å²) < 4.78 is 5.09. The Morgan fingerprint density at radius 2 is 2.41 bits per heavy atom. The van der Waals surface area contributed by atoms with Gasteiger partial charge in [0.25, 0.3) is 0 Å². The Kier molecular flexibility index (Phi) is 3.58. The van der Waals surface area contributed by atoms with Crippen LogP contribution in [0.4, 0.5) is 5.69 Å². The highest BCUT2D eigenvalue weighted by Gasteiger charge is 2.29. The number of pyridine rings is 1. The maximum absolute atomic E-state index is 12.1. The van der Waals surface area contributed by atoms with E-state index in [4.69, 9.17) is 4.74 Å². The first-order valence-corrected chi connectivity index (χ1v) is 5.73. The molecular weight excluding hydrogens is 218 g/mol. The van der Waals surface area contributed by atoms with Gasteiger partial charge in [-0.1, -0.05) is 6.92 Å². The highest BCUT2D eigenvalue weighted by atomic mass is 16.5. The molecule has 0 saturated carbocycles. The second kappa shape index (κ2) is 5.14. The molecule has 1 amide bonds. The second-order valence-corrected chi connectivity index (χ2v) is 4.29. The van der Waals surface area contributed by atoms with Crippen molar-refractivity contribution in [3.63, 3.8) is 0 Å². The first kappa shape index (κ1) is 11.9. The van der Waals surface area contributed by atoms with Crippen LogP contribution < -0.4 is 15.4 Å². The van der Waals surface area contributed by atoms with Gasteiger partial charge in [-0.2, -0.15) is 0 Å². The molecule has 0 aromatic carbocycles. The van der Waals surface area contributed by atoms with Gasteiger partial charge in [0.15, 0.2) is 0 Å². The summed E-state index contributed by atoms with van der Waals surface area (Å²) in [5.41, 5.74) is 0.624. The zero-order valence-corrected chi connectivity index (χ0v) is 10.1. The minimum atomic E-state index is 0.0138. The van der Waals surface area contributed by atoms with E-state index in [1.807, 2.05) is 0 Å². The lowest BCUT2D eigenvalue weighted by Crippen LogP contribution is -2.28. The van der Waals surface area contributed by atoms with Gasteiger partial charge < -0.3 is 15.4 Å². The Balaban J connectivity index is 2.07. The normalized spacial score (nSPS) is 23.4. The molecule has 1 aliphatic heterocycles. The molecule has 1 aromatic heterocycles. The zero-order valence-electron chi connectivity index (χ0n) is 10.1. The van der Waals surface area contributed by atoms with Crippen LogP contribution in [0.5, 0.6) is 5.88 Å². The summed E-state index contributed by atoms with van der Waals surface area (Å²) in [5, 5.41) is 6.08. The van der Waals surface area contributed by atoms with Crippen LogP contribution in [-0.2, 0) is 4.79 Å². The molecule has 17 heavy (non-hydrogen) atoms. The third kappa shape index (κ3) is 2.55. The molecule has 1 fully saturated rings. The smallest absolute Gasteiger partial charge is 0.237 e. The van der Waals surface area contributed by atoms with Crippen molar-refractivity contribution in [1.82, 2.24) is 10.3 Å². The number of anilines is 1. The molecule has 2 heterocycles. The van der Waals surface area contributed by atoms with Crippen LogP contribution in [0.2, 0.25) is 0 Å². The molecule has 0 spiro atoms. The lowest BCUT2D eigenvalue weighted by atomic mass is 9.97. The average molecular weight is 235 g/mol. The Labute approximate surface area is 101 Å². The van der Waals surface area contributed by atoms with E-state index in [0.717, 1.165) is 13.1 Å². The Hall–Kier alpha value is -1.62. The topological polar surface area (TPSA) is 63.2 Å². The van der Waals surface area contributed by atoms with Gasteiger partial charge in [0.05, 0.1) is 13.0 Å². The maximum Gasteiger partial charge on any atom is 0.237 e. The van der Waals surface area contributed by atoms with Crippen molar-refractivity contribution < 1.29 is 9.53 Å². The highest BCUT2D eigenvalue weighted by Crippen LogP contribution is 2.23. The van der Waals surface area contributed by atoms with Crippen molar-refractivity contribution in [2.75, 3.05) is 25.5 Å². The largest absolute Gasteiger partial charge is 0.480 e. The van der Waals surface area contributed by atoms with E-state index in [2.05, 4.69) is 22.5 Å². The number of aromatic nitrogens is 1. The van der Waals surface area contributed by atoms with E-state index in [1.165, 1.54) is 7.11 Å². The number of hydrogen-bond donors (Lipinski definition) is 2. The van der Waals surface area contributed by atoms with Crippen molar-refractivity contribution in [2.24, 2.45) is 11.8 Å². The van der Waals surface area contributed by atoms with Crippen molar-refractivity contribution in [3.8, 4) is 5.88 Å². The third-order valence-electron chi connectivity index (χ3n) is 3.08. The first-order chi connectivity index (χ1) is 8.22. The van der Waals surface area contributed by atoms with E-state index in [0.29, 0.717) is 17.5 Å². The number of rotatable bonds is 3. The van der Waals surface area contributed by atoms with E-state index < -0.39 is 0 Å². The van der Waals surface area contributed by atoms with Crippen LogP contribution >= 0.6 is 0 Å². The number of nitrogens with zero attached hydrogens (tertiary/aromatic N) is 1. The second-order valence-electron chi connectivity index (χ2n) is 4.29. The van der Waals surface area contributed by atoms with Crippen LogP contribution in [0.1, 0.15) is 6.92 Å². The lowest BCUT2D eigenvalue weighted by Gasteiger charge is -2.15. The maximum atomic E-state index is 12.1. The molecule has 0 aliphatic carbocycles. The number of hydrogen-bond acceptors (Lipinski definition) is 4. The van der Waals surface area contributed by atoms with Crippen LogP contribution in [-0.4, -0.2) is 31.1 Å². The molecule has 1 saturated heterocycles. The molecule has 0 bridgehead atoms. The van der Waals surface area contributed by atoms with Gasteiger partial charge in [0.1, 0.15) is 5.69 Å². The molecule has 1 aromatic rings. The van der Waals surface area contributed by atoms with Gasteiger partial charge in [-0.05, 0) is 24.6 Å². The van der Waals surface area contributed by atoms with Gasteiger partial charge in [0, 0.05) is 12.7 Å². The molecule has 2 N–H and O–H groups in total. The van der Waals surface area contributed by atoms with E-state index in [-0.39, 0.29) is 11.8 Å². The fraction of sp³-hybridized carbons (Fsp3) is 0.500. The van der Waals surface area contributed by atoms with E-state index in [1.54, 1.807) is 18.3 Å². The van der Waals surface area contributed by atoms with E-state index in [9.17, 15) is 4.79 Å². The quantitative estimate of drug-likeness (QED) is 0.816. The molecule has 0 radical (unpaired) electrons. The van der Waals surface area contributed by atoms with Gasteiger partial charge in [-0.15, -0.1) is 0 Å². The van der Waals surface area contributed by atoms with E-state index >= 15 is 0 Å². The fourth-order valence-corrected chi connectivity index (χ4v) is 2.04. The number of amides is 1. The molecule has 2 rings (SSSR count). The number of methoxy groups -OCH3 is 1. The predicted molar refractivity (Wildman–Crippen MR) is 64.9 cm³/mol. The number of ether oxygens (including phenoxy) is 1. The van der Waals surface area contributed by atoms with Gasteiger partial charge in [-0.3, -0.25) is 4.79 Å². The van der Waals surface area contributed by atoms with Crippen LogP contribution in [0.15, 0.2) is 18.3 Å². The standard InChI is InChI=1S/C12H17N3O2/c1-8-6-13-7-9(8)11(16)15-10-4-3-5-14-12(10)17-2/h3-5,8-9,13H,6-7H2,1-2H3,(H,15,16). The van der Waals surface area contributed by atoms with Gasteiger partial charge in [0.2, 0.25) is 11.8 Å². The number of carbonyl (C=O) groups excluding carboxylic acids is 1. The summed E-state index contributed by atoms with van der Waals surface area (Å²) in [6.45, 7) is 3.70.